The Labute approximate surface area is 159 Å². The van der Waals surface area contributed by atoms with Crippen LogP contribution in [0, 0.1) is 0 Å². The molecule has 2 aromatic rings. The molecule has 6 heteroatoms. The summed E-state index contributed by atoms with van der Waals surface area (Å²) in [5.74, 6) is 2.51. The summed E-state index contributed by atoms with van der Waals surface area (Å²) < 4.78 is 0. The van der Waals surface area contributed by atoms with Crippen molar-refractivity contribution in [2.45, 2.75) is 56.5 Å². The number of rotatable bonds is 5. The minimum Gasteiger partial charge on any atom is -0.340 e. The van der Waals surface area contributed by atoms with E-state index in [0.29, 0.717) is 18.9 Å². The number of carbonyl (C=O) groups is 1. The van der Waals surface area contributed by atoms with Gasteiger partial charge in [0.05, 0.1) is 11.7 Å². The quantitative estimate of drug-likeness (QED) is 0.853. The van der Waals surface area contributed by atoms with Crippen LogP contribution in [0.2, 0.25) is 0 Å². The third kappa shape index (κ3) is 2.98. The summed E-state index contributed by atoms with van der Waals surface area (Å²) in [5.41, 5.74) is 8.91. The number of amides is 1. The lowest BCUT2D eigenvalue weighted by Crippen LogP contribution is -2.43. The van der Waals surface area contributed by atoms with Crippen LogP contribution in [0.5, 0.6) is 0 Å². The number of hydrogen-bond acceptors (Lipinski definition) is 5. The van der Waals surface area contributed by atoms with Crippen LogP contribution in [0.3, 0.4) is 0 Å². The largest absolute Gasteiger partial charge is 0.340 e. The molecule has 0 radical (unpaired) electrons. The molecule has 3 N–H and O–H groups in total. The molecule has 27 heavy (non-hydrogen) atoms. The van der Waals surface area contributed by atoms with Gasteiger partial charge in [0.25, 0.3) is 0 Å². The summed E-state index contributed by atoms with van der Waals surface area (Å²) in [7, 11) is 0. The molecule has 1 saturated carbocycles. The minimum absolute atomic E-state index is 0.0669. The Hall–Kier alpha value is -2.47. The number of carbonyl (C=O) groups excluding carboxylic acids is 1. The maximum atomic E-state index is 12.7. The summed E-state index contributed by atoms with van der Waals surface area (Å²) in [6.45, 7) is 0.397. The van der Waals surface area contributed by atoms with Crippen LogP contribution in [-0.2, 0) is 11.2 Å². The molecule has 0 spiro atoms. The lowest BCUT2D eigenvalue weighted by atomic mass is 9.97. The highest BCUT2D eigenvalue weighted by Crippen LogP contribution is 2.48. The molecule has 1 saturated heterocycles. The first-order valence-electron chi connectivity index (χ1n) is 9.98. The van der Waals surface area contributed by atoms with Crippen LogP contribution in [0.1, 0.15) is 61.1 Å². The number of benzene rings is 1. The highest BCUT2D eigenvalue weighted by molar-refractivity contribution is 5.79. The fourth-order valence-corrected chi connectivity index (χ4v) is 4.54. The molecule has 5 rings (SSSR count). The Morgan fingerprint density at radius 2 is 1.96 bits per heavy atom. The molecular formula is C21H25N5O. The number of nitrogens with two attached hydrogens (primary N) is 1. The molecule has 1 aromatic heterocycles. The third-order valence-electron chi connectivity index (χ3n) is 5.93. The maximum Gasteiger partial charge on any atom is 0.224 e. The van der Waals surface area contributed by atoms with Gasteiger partial charge in [0.1, 0.15) is 11.6 Å². The molecule has 0 unspecified atom stereocenters. The van der Waals surface area contributed by atoms with E-state index in [1.54, 1.807) is 0 Å². The lowest BCUT2D eigenvalue weighted by molar-refractivity contribution is -0.134. The number of para-hydroxylation sites is 1. The number of fused-ring (bicyclic) bond motifs is 4. The van der Waals surface area contributed by atoms with Crippen LogP contribution in [-0.4, -0.2) is 33.4 Å². The van der Waals surface area contributed by atoms with Crippen molar-refractivity contribution in [1.82, 2.24) is 14.9 Å². The first-order chi connectivity index (χ1) is 13.2. The Kier molecular flexibility index (Phi) is 4.08. The Morgan fingerprint density at radius 1 is 1.15 bits per heavy atom. The second-order valence-electron chi connectivity index (χ2n) is 7.85. The molecule has 6 nitrogen and oxygen atoms in total. The van der Waals surface area contributed by atoms with Crippen molar-refractivity contribution in [1.29, 1.82) is 0 Å². The van der Waals surface area contributed by atoms with Crippen molar-refractivity contribution in [3.05, 3.63) is 47.4 Å². The first-order valence-corrected chi connectivity index (χ1v) is 9.98. The van der Waals surface area contributed by atoms with Gasteiger partial charge in [-0.2, -0.15) is 0 Å². The van der Waals surface area contributed by atoms with Crippen LogP contribution in [0.15, 0.2) is 30.3 Å². The van der Waals surface area contributed by atoms with Crippen LogP contribution in [0.4, 0.5) is 11.5 Å². The van der Waals surface area contributed by atoms with E-state index in [1.165, 1.54) is 12.8 Å². The smallest absolute Gasteiger partial charge is 0.224 e. The predicted octanol–water partition coefficient (Wildman–Crippen LogP) is 3.03. The zero-order chi connectivity index (χ0) is 18.4. The molecule has 2 bridgehead atoms. The summed E-state index contributed by atoms with van der Waals surface area (Å²) >= 11 is 0. The highest BCUT2D eigenvalue weighted by Gasteiger charge is 2.45. The van der Waals surface area contributed by atoms with E-state index in [1.807, 2.05) is 30.3 Å². The normalized spacial score (nSPS) is 23.2. The Balaban J connectivity index is 1.57. The molecular weight excluding hydrogens is 338 g/mol. The van der Waals surface area contributed by atoms with E-state index in [2.05, 4.69) is 10.2 Å². The molecule has 1 aromatic carbocycles. The van der Waals surface area contributed by atoms with Crippen molar-refractivity contribution in [3.8, 4) is 0 Å². The minimum atomic E-state index is 0.0669. The van der Waals surface area contributed by atoms with E-state index in [0.717, 1.165) is 47.8 Å². The van der Waals surface area contributed by atoms with Gasteiger partial charge in [-0.25, -0.2) is 9.97 Å². The standard InChI is InChI=1S/C21H25N5O/c22-11-10-18(27)26-15-8-9-17(26)19-16(12-15)24-20(13-6-7-13)25-21(19)23-14-4-2-1-3-5-14/h1-5,13,15,17H,6-12,22H2,(H,23,24,25)/t15-,17-/m1/s1. The second kappa shape index (κ2) is 6.60. The van der Waals surface area contributed by atoms with Gasteiger partial charge in [-0.3, -0.25) is 4.79 Å². The number of nitrogens with zero attached hydrogens (tertiary/aromatic N) is 3. The zero-order valence-electron chi connectivity index (χ0n) is 15.4. The van der Waals surface area contributed by atoms with Crippen molar-refractivity contribution in [2.75, 3.05) is 11.9 Å². The number of nitrogens with one attached hydrogen (secondary N) is 1. The average molecular weight is 363 g/mol. The first kappa shape index (κ1) is 16.7. The summed E-state index contributed by atoms with van der Waals surface area (Å²) in [4.78, 5) is 24.6. The van der Waals surface area contributed by atoms with Crippen molar-refractivity contribution in [3.63, 3.8) is 0 Å². The van der Waals surface area contributed by atoms with Crippen LogP contribution < -0.4 is 11.1 Å². The monoisotopic (exact) mass is 363 g/mol. The third-order valence-corrected chi connectivity index (χ3v) is 5.93. The number of anilines is 2. The van der Waals surface area contributed by atoms with E-state index < -0.39 is 0 Å². The lowest BCUT2D eigenvalue weighted by Gasteiger charge is -2.37. The summed E-state index contributed by atoms with van der Waals surface area (Å²) in [5, 5.41) is 3.52. The van der Waals surface area contributed by atoms with E-state index in [-0.39, 0.29) is 18.0 Å². The van der Waals surface area contributed by atoms with Crippen LogP contribution in [0.25, 0.3) is 0 Å². The molecule has 2 aliphatic heterocycles. The Bertz CT molecular complexity index is 864. The van der Waals surface area contributed by atoms with E-state index in [4.69, 9.17) is 15.7 Å². The van der Waals surface area contributed by atoms with Gasteiger partial charge in [0.2, 0.25) is 5.91 Å². The van der Waals surface area contributed by atoms with Crippen molar-refractivity contribution < 1.29 is 4.79 Å². The van der Waals surface area contributed by atoms with Gasteiger partial charge in [0.15, 0.2) is 0 Å². The molecule has 140 valence electrons. The fraction of sp³-hybridized carbons (Fsp3) is 0.476. The molecule has 1 amide bonds. The average Bonchev–Trinajstić information content (AvgIpc) is 3.47. The topological polar surface area (TPSA) is 84.1 Å². The van der Waals surface area contributed by atoms with E-state index >= 15 is 0 Å². The van der Waals surface area contributed by atoms with E-state index in [9.17, 15) is 4.79 Å². The SMILES string of the molecule is NCCC(=O)N1[C@@H]2CC[C@@H]1c1c(nc(C3CC3)nc1Nc1ccccc1)C2. The summed E-state index contributed by atoms with van der Waals surface area (Å²) in [6, 6.07) is 10.4. The van der Waals surface area contributed by atoms with Crippen molar-refractivity contribution in [2.24, 2.45) is 5.73 Å². The van der Waals surface area contributed by atoms with Gasteiger partial charge >= 0.3 is 0 Å². The molecule has 3 aliphatic rings. The van der Waals surface area contributed by atoms with Crippen LogP contribution >= 0.6 is 0 Å². The fourth-order valence-electron chi connectivity index (χ4n) is 4.54. The maximum absolute atomic E-state index is 12.7. The molecule has 2 fully saturated rings. The van der Waals surface area contributed by atoms with Crippen molar-refractivity contribution >= 4 is 17.4 Å². The van der Waals surface area contributed by atoms with Gasteiger partial charge in [0, 0.05) is 42.6 Å². The number of hydrogen-bond donors (Lipinski definition) is 2. The molecule has 3 heterocycles. The molecule has 2 atom stereocenters. The van der Waals surface area contributed by atoms with Gasteiger partial charge in [-0.15, -0.1) is 0 Å². The zero-order valence-corrected chi connectivity index (χ0v) is 15.4. The Morgan fingerprint density at radius 3 is 2.70 bits per heavy atom. The number of aromatic nitrogens is 2. The van der Waals surface area contributed by atoms with Gasteiger partial charge in [-0.05, 0) is 37.8 Å². The highest BCUT2D eigenvalue weighted by atomic mass is 16.2. The van der Waals surface area contributed by atoms with Gasteiger partial charge < -0.3 is 16.0 Å². The second-order valence-corrected chi connectivity index (χ2v) is 7.85. The predicted molar refractivity (Wildman–Crippen MR) is 104 cm³/mol. The molecule has 1 aliphatic carbocycles. The van der Waals surface area contributed by atoms with Gasteiger partial charge in [-0.1, -0.05) is 18.2 Å². The summed E-state index contributed by atoms with van der Waals surface area (Å²) in [6.07, 6.45) is 5.60.